The zero-order chi connectivity index (χ0) is 9.26. The summed E-state index contributed by atoms with van der Waals surface area (Å²) in [7, 11) is 1.85. The first-order valence-corrected chi connectivity index (χ1v) is 4.39. The number of aromatic nitrogens is 2. The van der Waals surface area contributed by atoms with Gasteiger partial charge in [-0.1, -0.05) is 0 Å². The van der Waals surface area contributed by atoms with Crippen molar-refractivity contribution in [1.82, 2.24) is 9.78 Å². The van der Waals surface area contributed by atoms with E-state index in [-0.39, 0.29) is 0 Å². The molecule has 0 saturated carbocycles. The van der Waals surface area contributed by atoms with Gasteiger partial charge in [-0.05, 0) is 0 Å². The summed E-state index contributed by atoms with van der Waals surface area (Å²) in [5.74, 6) is 0.724. The first-order valence-electron chi connectivity index (χ1n) is 4.39. The Labute approximate surface area is 77.1 Å². The maximum absolute atomic E-state index is 5.85. The number of rotatable bonds is 1. The van der Waals surface area contributed by atoms with E-state index in [0.29, 0.717) is 0 Å². The van der Waals surface area contributed by atoms with E-state index >= 15 is 0 Å². The van der Waals surface area contributed by atoms with Crippen LogP contribution in [0, 0.1) is 0 Å². The number of aryl methyl sites for hydroxylation is 1. The Morgan fingerprint density at radius 1 is 1.46 bits per heavy atom. The van der Waals surface area contributed by atoms with Crippen LogP contribution in [0.4, 0.5) is 11.5 Å². The van der Waals surface area contributed by atoms with Crippen LogP contribution in [0.5, 0.6) is 0 Å². The Morgan fingerprint density at radius 2 is 2.15 bits per heavy atom. The van der Waals surface area contributed by atoms with Crippen molar-refractivity contribution in [2.75, 3.05) is 36.9 Å². The van der Waals surface area contributed by atoms with Crippen LogP contribution in [-0.4, -0.2) is 36.1 Å². The van der Waals surface area contributed by atoms with E-state index in [4.69, 9.17) is 10.5 Å². The van der Waals surface area contributed by atoms with Crippen molar-refractivity contribution in [2.45, 2.75) is 0 Å². The lowest BCUT2D eigenvalue weighted by Gasteiger charge is -2.27. The molecule has 5 heteroatoms. The average Bonchev–Trinajstić information content (AvgIpc) is 2.49. The van der Waals surface area contributed by atoms with Gasteiger partial charge in [0.25, 0.3) is 0 Å². The minimum atomic E-state index is 0.724. The molecule has 2 rings (SSSR count). The van der Waals surface area contributed by atoms with Gasteiger partial charge in [0.15, 0.2) is 0 Å². The van der Waals surface area contributed by atoms with Crippen molar-refractivity contribution in [3.8, 4) is 0 Å². The molecule has 1 aromatic heterocycles. The van der Waals surface area contributed by atoms with Crippen molar-refractivity contribution >= 4 is 11.5 Å². The highest BCUT2D eigenvalue weighted by atomic mass is 16.5. The Hall–Kier alpha value is -1.23. The smallest absolute Gasteiger partial charge is 0.145 e. The predicted molar refractivity (Wildman–Crippen MR) is 50.7 cm³/mol. The number of nitrogens with zero attached hydrogens (tertiary/aromatic N) is 3. The maximum Gasteiger partial charge on any atom is 0.145 e. The quantitative estimate of drug-likeness (QED) is 0.655. The minimum Gasteiger partial charge on any atom is -0.382 e. The van der Waals surface area contributed by atoms with Crippen molar-refractivity contribution in [3.63, 3.8) is 0 Å². The van der Waals surface area contributed by atoms with Crippen molar-refractivity contribution in [3.05, 3.63) is 6.20 Å². The molecule has 0 bridgehead atoms. The molecule has 0 amide bonds. The van der Waals surface area contributed by atoms with Gasteiger partial charge in [-0.25, -0.2) is 0 Å². The molecule has 5 nitrogen and oxygen atoms in total. The van der Waals surface area contributed by atoms with Gasteiger partial charge in [-0.15, -0.1) is 0 Å². The molecule has 1 aliphatic heterocycles. The van der Waals surface area contributed by atoms with Gasteiger partial charge >= 0.3 is 0 Å². The van der Waals surface area contributed by atoms with Crippen molar-refractivity contribution < 1.29 is 4.74 Å². The maximum atomic E-state index is 5.85. The van der Waals surface area contributed by atoms with Gasteiger partial charge in [0, 0.05) is 20.1 Å². The summed E-state index contributed by atoms with van der Waals surface area (Å²) in [6.07, 6.45) is 1.81. The molecule has 2 heterocycles. The van der Waals surface area contributed by atoms with Crippen LogP contribution in [0.15, 0.2) is 6.20 Å². The molecule has 13 heavy (non-hydrogen) atoms. The molecule has 1 fully saturated rings. The first-order chi connectivity index (χ1) is 6.29. The van der Waals surface area contributed by atoms with Crippen molar-refractivity contribution in [1.29, 1.82) is 0 Å². The van der Waals surface area contributed by atoms with E-state index in [1.807, 2.05) is 7.05 Å². The lowest BCUT2D eigenvalue weighted by atomic mass is 10.3. The van der Waals surface area contributed by atoms with Crippen LogP contribution in [0.1, 0.15) is 0 Å². The van der Waals surface area contributed by atoms with Gasteiger partial charge in [0.1, 0.15) is 5.82 Å². The van der Waals surface area contributed by atoms with E-state index in [9.17, 15) is 0 Å². The Kier molecular flexibility index (Phi) is 2.10. The Morgan fingerprint density at radius 3 is 2.69 bits per heavy atom. The molecule has 1 saturated heterocycles. The second kappa shape index (κ2) is 3.26. The zero-order valence-electron chi connectivity index (χ0n) is 7.73. The summed E-state index contributed by atoms with van der Waals surface area (Å²) in [6.45, 7) is 3.34. The van der Waals surface area contributed by atoms with Crippen LogP contribution in [0.2, 0.25) is 0 Å². The highest BCUT2D eigenvalue weighted by Gasteiger charge is 2.15. The average molecular weight is 182 g/mol. The SMILES string of the molecule is Cn1ncc(N2CCOCC2)c1N. The van der Waals surface area contributed by atoms with E-state index in [2.05, 4.69) is 10.00 Å². The molecule has 0 aliphatic carbocycles. The molecule has 1 aliphatic rings. The van der Waals surface area contributed by atoms with Crippen LogP contribution in [-0.2, 0) is 11.8 Å². The summed E-state index contributed by atoms with van der Waals surface area (Å²) in [5, 5.41) is 4.10. The number of anilines is 2. The molecule has 1 aromatic rings. The topological polar surface area (TPSA) is 56.3 Å². The fourth-order valence-corrected chi connectivity index (χ4v) is 1.48. The second-order valence-electron chi connectivity index (χ2n) is 3.14. The fraction of sp³-hybridized carbons (Fsp3) is 0.625. The monoisotopic (exact) mass is 182 g/mol. The lowest BCUT2D eigenvalue weighted by molar-refractivity contribution is 0.123. The van der Waals surface area contributed by atoms with E-state index in [1.165, 1.54) is 0 Å². The standard InChI is InChI=1S/C8H14N4O/c1-11-8(9)7(6-10-11)12-2-4-13-5-3-12/h6H,2-5,9H2,1H3. The molecule has 0 atom stereocenters. The second-order valence-corrected chi connectivity index (χ2v) is 3.14. The van der Waals surface area contributed by atoms with Gasteiger partial charge in [-0.2, -0.15) is 5.10 Å². The highest BCUT2D eigenvalue weighted by Crippen LogP contribution is 2.22. The summed E-state index contributed by atoms with van der Waals surface area (Å²) >= 11 is 0. The Balaban J connectivity index is 2.18. The van der Waals surface area contributed by atoms with E-state index in [1.54, 1.807) is 10.9 Å². The van der Waals surface area contributed by atoms with Gasteiger partial charge in [0.2, 0.25) is 0 Å². The third-order valence-corrected chi connectivity index (χ3v) is 2.32. The summed E-state index contributed by atoms with van der Waals surface area (Å²) in [4.78, 5) is 2.20. The number of hydrogen-bond donors (Lipinski definition) is 1. The number of hydrogen-bond acceptors (Lipinski definition) is 4. The minimum absolute atomic E-state index is 0.724. The van der Waals surface area contributed by atoms with Gasteiger partial charge in [0.05, 0.1) is 25.1 Å². The van der Waals surface area contributed by atoms with Gasteiger partial charge < -0.3 is 15.4 Å². The summed E-state index contributed by atoms with van der Waals surface area (Å²) in [5.41, 5.74) is 6.87. The van der Waals surface area contributed by atoms with Crippen LogP contribution >= 0.6 is 0 Å². The van der Waals surface area contributed by atoms with Crippen LogP contribution in [0.3, 0.4) is 0 Å². The number of nitrogen functional groups attached to an aromatic ring is 1. The first kappa shape index (κ1) is 8.37. The Bertz CT molecular complexity index is 290. The third kappa shape index (κ3) is 1.47. The van der Waals surface area contributed by atoms with E-state index < -0.39 is 0 Å². The van der Waals surface area contributed by atoms with Crippen LogP contribution < -0.4 is 10.6 Å². The van der Waals surface area contributed by atoms with E-state index in [0.717, 1.165) is 37.8 Å². The molecular weight excluding hydrogens is 168 g/mol. The molecule has 72 valence electrons. The summed E-state index contributed by atoms with van der Waals surface area (Å²) < 4.78 is 6.94. The zero-order valence-corrected chi connectivity index (χ0v) is 7.73. The largest absolute Gasteiger partial charge is 0.382 e. The van der Waals surface area contributed by atoms with Gasteiger partial charge in [-0.3, -0.25) is 4.68 Å². The third-order valence-electron chi connectivity index (χ3n) is 2.32. The summed E-state index contributed by atoms with van der Waals surface area (Å²) in [6, 6.07) is 0. The molecule has 0 spiro atoms. The molecule has 2 N–H and O–H groups in total. The fourth-order valence-electron chi connectivity index (χ4n) is 1.48. The normalized spacial score (nSPS) is 17.8. The molecular formula is C8H14N4O. The number of ether oxygens (including phenoxy) is 1. The molecule has 0 unspecified atom stereocenters. The molecule has 0 radical (unpaired) electrons. The van der Waals surface area contributed by atoms with Crippen LogP contribution in [0.25, 0.3) is 0 Å². The predicted octanol–water partition coefficient (Wildman–Crippen LogP) is -0.161. The number of morpholine rings is 1. The lowest BCUT2D eigenvalue weighted by Crippen LogP contribution is -2.36. The van der Waals surface area contributed by atoms with Crippen molar-refractivity contribution in [2.24, 2.45) is 7.05 Å². The molecule has 0 aromatic carbocycles. The highest BCUT2D eigenvalue weighted by molar-refractivity contribution is 5.62. The number of nitrogens with two attached hydrogens (primary N) is 1.